The van der Waals surface area contributed by atoms with Gasteiger partial charge in [-0.25, -0.2) is 0 Å². The number of hydrogen-bond donors (Lipinski definition) is 0. The first kappa shape index (κ1) is 54.2. The lowest BCUT2D eigenvalue weighted by Gasteiger charge is -2.43. The van der Waals surface area contributed by atoms with E-state index in [0.29, 0.717) is 0 Å². The molecule has 6 aromatic heterocycles. The topological polar surface area (TPSA) is 59.2 Å². The van der Waals surface area contributed by atoms with Crippen LogP contribution >= 0.6 is 0 Å². The highest BCUT2D eigenvalue weighted by Crippen LogP contribution is 2.72. The van der Waals surface area contributed by atoms with Gasteiger partial charge >= 0.3 is 0 Å². The highest BCUT2D eigenvalue weighted by atomic mass is 15.2. The summed E-state index contributed by atoms with van der Waals surface area (Å²) >= 11 is 0. The molecular weight excluding hydrogens is 1310 g/mol. The van der Waals surface area contributed by atoms with Gasteiger partial charge in [0.05, 0.1) is 104 Å². The maximum Gasteiger partial charge on any atom is 0.0761 e. The summed E-state index contributed by atoms with van der Waals surface area (Å²) in [6.07, 6.45) is 9.12. The molecule has 0 fully saturated rings. The molecule has 13 aromatic carbocycles. The van der Waals surface area contributed by atoms with Gasteiger partial charge in [-0.15, -0.1) is 0 Å². The summed E-state index contributed by atoms with van der Waals surface area (Å²) in [7, 11) is 0. The zero-order valence-corrected chi connectivity index (χ0v) is 57.9. The summed E-state index contributed by atoms with van der Waals surface area (Å²) in [5.41, 5.74) is 46.2. The highest BCUT2D eigenvalue weighted by Gasteiger charge is 2.61. The van der Waals surface area contributed by atoms with Gasteiger partial charge in [-0.2, -0.15) is 0 Å². The van der Waals surface area contributed by atoms with Crippen LogP contribution in [0.5, 0.6) is 0 Å². The van der Waals surface area contributed by atoms with E-state index in [1.54, 1.807) is 0 Å². The zero-order chi connectivity index (χ0) is 68.9. The summed E-state index contributed by atoms with van der Waals surface area (Å²) in [6, 6.07) is 103. The van der Waals surface area contributed by atoms with Crippen LogP contribution in [0.4, 0.5) is 11.4 Å². The van der Waals surface area contributed by atoms with E-state index in [4.69, 9.17) is 19.9 Å². The molecule has 6 nitrogen and oxygen atoms in total. The SMILES string of the molecule is c1ccc2c(c1)-c1ccccc1C21c2ccccc2-c2ncc3c(c21)C1=c2ccc4c5c2c(ccc5c2c5c6c(ncc5n5c7cnc8c(c7c4c25)C2(c4ccccc4-c4ccccc42)c2ccccc2-8)C2c4ccccc4C6c4ccccc42)C2c4c(cnc5c4C4c6ccccc6C5c5ccccc54)N3C12. The summed E-state index contributed by atoms with van der Waals surface area (Å²) in [4.78, 5) is 26.3. The van der Waals surface area contributed by atoms with Crippen molar-refractivity contribution in [2.45, 2.75) is 46.5 Å². The van der Waals surface area contributed by atoms with Crippen molar-refractivity contribution >= 4 is 76.6 Å². The quantitative estimate of drug-likeness (QED) is 0.151. The Morgan fingerprint density at radius 3 is 1.23 bits per heavy atom. The number of aromatic nitrogens is 5. The van der Waals surface area contributed by atoms with Crippen LogP contribution in [0.2, 0.25) is 0 Å². The number of nitrogens with zero attached hydrogens (tertiary/aromatic N) is 6. The third-order valence-electron chi connectivity index (χ3n) is 28.9. The Morgan fingerprint density at radius 1 is 0.287 bits per heavy atom. The van der Waals surface area contributed by atoms with Crippen LogP contribution in [0, 0.1) is 0 Å². The van der Waals surface area contributed by atoms with Crippen molar-refractivity contribution in [1.29, 1.82) is 0 Å². The third kappa shape index (κ3) is 5.42. The van der Waals surface area contributed by atoms with Crippen molar-refractivity contribution in [3.8, 4) is 44.8 Å². The monoisotopic (exact) mass is 1360 g/mol. The van der Waals surface area contributed by atoms with Gasteiger partial charge in [0.15, 0.2) is 0 Å². The lowest BCUT2D eigenvalue weighted by molar-refractivity contribution is 0.700. The van der Waals surface area contributed by atoms with Gasteiger partial charge in [0.2, 0.25) is 0 Å². The van der Waals surface area contributed by atoms with Crippen LogP contribution in [0.25, 0.3) is 110 Å². The minimum atomic E-state index is -0.683. The first-order valence-electron chi connectivity index (χ1n) is 38.5. The van der Waals surface area contributed by atoms with Crippen LogP contribution in [0.15, 0.2) is 292 Å². The van der Waals surface area contributed by atoms with E-state index in [0.717, 1.165) is 28.1 Å². The third-order valence-corrected chi connectivity index (χ3v) is 28.9. The number of benzene rings is 13. The fourth-order valence-electron chi connectivity index (χ4n) is 25.7. The van der Waals surface area contributed by atoms with Crippen LogP contribution in [-0.2, 0) is 10.8 Å². The predicted molar refractivity (Wildman–Crippen MR) is 428 cm³/mol. The maximum absolute atomic E-state index is 5.90. The number of fused-ring (bicyclic) bond motifs is 37. The van der Waals surface area contributed by atoms with Crippen molar-refractivity contribution in [2.24, 2.45) is 0 Å². The van der Waals surface area contributed by atoms with Gasteiger partial charge < -0.3 is 9.30 Å². The minimum Gasteiger partial charge on any atom is -0.330 e. The lowest BCUT2D eigenvalue weighted by atomic mass is 9.60. The maximum atomic E-state index is 5.90. The van der Waals surface area contributed by atoms with Gasteiger partial charge in [0.25, 0.3) is 0 Å². The Hall–Kier alpha value is -13.4. The molecule has 2 aliphatic heterocycles. The number of hydrogen-bond acceptors (Lipinski definition) is 5. The molecule has 4 bridgehead atoms. The van der Waals surface area contributed by atoms with Gasteiger partial charge in [-0.05, 0) is 155 Å². The van der Waals surface area contributed by atoms with Crippen LogP contribution < -0.4 is 10.1 Å². The number of anilines is 2. The average Bonchev–Trinajstić information content (AvgIpc) is 1.46. The molecule has 6 heteroatoms. The normalized spacial score (nSPS) is 20.0. The molecule has 0 saturated heterocycles. The Balaban J connectivity index is 0.823. The van der Waals surface area contributed by atoms with Crippen molar-refractivity contribution in [3.05, 3.63) is 425 Å². The second-order valence-corrected chi connectivity index (χ2v) is 32.4. The Morgan fingerprint density at radius 2 is 0.685 bits per heavy atom. The van der Waals surface area contributed by atoms with E-state index in [9.17, 15) is 0 Å². The van der Waals surface area contributed by atoms with Gasteiger partial charge in [-0.1, -0.05) is 267 Å². The van der Waals surface area contributed by atoms with E-state index in [1.807, 2.05) is 0 Å². The highest BCUT2D eigenvalue weighted by molar-refractivity contribution is 6.41. The molecule has 2 spiro atoms. The van der Waals surface area contributed by atoms with Crippen LogP contribution in [0.3, 0.4) is 0 Å². The molecule has 2 unspecified atom stereocenters. The summed E-state index contributed by atoms with van der Waals surface area (Å²) < 4.78 is 2.65. The molecule has 11 aliphatic carbocycles. The molecule has 0 N–H and O–H groups in total. The molecule has 492 valence electrons. The smallest absolute Gasteiger partial charge is 0.0761 e. The van der Waals surface area contributed by atoms with E-state index >= 15 is 0 Å². The number of rotatable bonds is 0. The second-order valence-electron chi connectivity index (χ2n) is 32.4. The van der Waals surface area contributed by atoms with Crippen LogP contribution in [0.1, 0.15) is 158 Å². The predicted octanol–water partition coefficient (Wildman–Crippen LogP) is 21.3. The van der Waals surface area contributed by atoms with Crippen LogP contribution in [-0.4, -0.2) is 30.4 Å². The second kappa shape index (κ2) is 17.7. The number of pyridine rings is 4. The first-order chi connectivity index (χ1) is 53.7. The minimum absolute atomic E-state index is 0.00350. The van der Waals surface area contributed by atoms with Crippen molar-refractivity contribution in [3.63, 3.8) is 0 Å². The van der Waals surface area contributed by atoms with E-state index in [-0.39, 0.29) is 35.6 Å². The van der Waals surface area contributed by atoms with Gasteiger partial charge in [-0.3, -0.25) is 19.9 Å². The molecule has 19 aromatic rings. The molecule has 32 rings (SSSR count). The molecule has 108 heavy (non-hydrogen) atoms. The molecule has 13 aliphatic rings. The summed E-state index contributed by atoms with van der Waals surface area (Å²) in [5.74, 6) is -0.149. The fourth-order valence-corrected chi connectivity index (χ4v) is 25.7. The molecule has 8 heterocycles. The molecule has 2 atom stereocenters. The Kier molecular flexibility index (Phi) is 8.91. The summed E-state index contributed by atoms with van der Waals surface area (Å²) in [5, 5.41) is 11.7. The van der Waals surface area contributed by atoms with Gasteiger partial charge in [0.1, 0.15) is 0 Å². The molecular formula is C102H54N6. The van der Waals surface area contributed by atoms with Gasteiger partial charge in [0, 0.05) is 67.1 Å². The standard InChI is InChI=1S/C102H54N6/c1-5-29-57-53(25-1)77-54-26-2-6-30-58(54)81(57)97-91(77)87-73(45-105-97)107-75-47-103-95-61-33-13-19-39-71(61)101(67-35-15-9-21-49(67)50-22-10-16-36-68(50)101)93(95)89(75)85-65-43-44-66-80-64(42-41-63(79(65)80)83(87)99(85)107)84-88-74(46-106-98-82-59-31-7-3-27-55(59)78(92(88)98)56-28-4-8-32-60(56)82)108-76-48-104-96-62-34-14-20-40-72(62)102(94(96)90(76)86(66)100(84)108)69-37-17-11-23-51(69)52-24-12-18-38-70(52)102/h1-48,77-78,81-83,99H. The largest absolute Gasteiger partial charge is 0.330 e. The molecule has 0 saturated carbocycles. The Bertz CT molecular complexity index is 7560. The molecule has 0 amide bonds. The van der Waals surface area contributed by atoms with Crippen molar-refractivity contribution in [2.75, 3.05) is 4.90 Å². The average molecular weight is 1360 g/mol. The fraction of sp³-hybridized carbons (Fsp3) is 0.0784. The van der Waals surface area contributed by atoms with Crippen molar-refractivity contribution in [1.82, 2.24) is 24.3 Å². The molecule has 0 radical (unpaired) electrons. The first-order valence-corrected chi connectivity index (χ1v) is 38.5. The summed E-state index contributed by atoms with van der Waals surface area (Å²) in [6.45, 7) is 0. The lowest BCUT2D eigenvalue weighted by Crippen LogP contribution is -2.35. The van der Waals surface area contributed by atoms with E-state index in [2.05, 4.69) is 301 Å². The van der Waals surface area contributed by atoms with E-state index < -0.39 is 10.8 Å². The van der Waals surface area contributed by atoms with E-state index in [1.165, 1.54) is 227 Å². The van der Waals surface area contributed by atoms with Crippen molar-refractivity contribution < 1.29 is 0 Å². The Labute approximate surface area is 618 Å². The zero-order valence-electron chi connectivity index (χ0n) is 57.9.